The number of hydrogen-bond acceptors (Lipinski definition) is 2. The van der Waals surface area contributed by atoms with Crippen LogP contribution in [-0.4, -0.2) is 15.6 Å². The van der Waals surface area contributed by atoms with Crippen molar-refractivity contribution in [3.05, 3.63) is 17.5 Å². The maximum absolute atomic E-state index is 5.43. The maximum atomic E-state index is 5.43. The summed E-state index contributed by atoms with van der Waals surface area (Å²) in [5.74, 6) is 0.601. The lowest BCUT2D eigenvalue weighted by Gasteiger charge is -1.93. The van der Waals surface area contributed by atoms with Gasteiger partial charge in [-0.25, -0.2) is 0 Å². The van der Waals surface area contributed by atoms with Crippen molar-refractivity contribution in [2.75, 3.05) is 0 Å². The van der Waals surface area contributed by atoms with Gasteiger partial charge in [-0.2, -0.15) is 5.10 Å². The Labute approximate surface area is 78.5 Å². The molecule has 0 atom stereocenters. The van der Waals surface area contributed by atoms with Crippen LogP contribution >= 0.6 is 0 Å². The molecular formula is C9H16N4. The van der Waals surface area contributed by atoms with Crippen LogP contribution < -0.4 is 5.73 Å². The number of aryl methyl sites for hydroxylation is 2. The number of nitrogens with zero attached hydrogens (tertiary/aromatic N) is 3. The van der Waals surface area contributed by atoms with Crippen LogP contribution in [0, 0.1) is 0 Å². The molecule has 0 aliphatic carbocycles. The number of rotatable bonds is 3. The van der Waals surface area contributed by atoms with E-state index < -0.39 is 0 Å². The van der Waals surface area contributed by atoms with E-state index in [-0.39, 0.29) is 0 Å². The third-order valence-electron chi connectivity index (χ3n) is 1.88. The van der Waals surface area contributed by atoms with Crippen LogP contribution in [0.4, 0.5) is 0 Å². The van der Waals surface area contributed by atoms with Crippen LogP contribution in [0.5, 0.6) is 0 Å². The van der Waals surface area contributed by atoms with Crippen LogP contribution in [-0.2, 0) is 20.0 Å². The van der Waals surface area contributed by atoms with E-state index in [0.29, 0.717) is 12.4 Å². The number of amidine groups is 1. The Balaban J connectivity index is 2.74. The van der Waals surface area contributed by atoms with Crippen molar-refractivity contribution in [2.24, 2.45) is 17.8 Å². The van der Waals surface area contributed by atoms with Crippen molar-refractivity contribution in [3.63, 3.8) is 0 Å². The minimum atomic E-state index is 0.580. The van der Waals surface area contributed by atoms with Gasteiger partial charge < -0.3 is 5.73 Å². The summed E-state index contributed by atoms with van der Waals surface area (Å²) in [4.78, 5) is 4.10. The average molecular weight is 180 g/mol. The number of nitrogens with two attached hydrogens (primary N) is 1. The standard InChI is InChI=1S/C9H16N4/c1-4-9-5-8(12-13(9)3)6-11-7(2)10/h5H,4,6H2,1-3H3,(H2,10,11). The lowest BCUT2D eigenvalue weighted by molar-refractivity contribution is 0.703. The fourth-order valence-electron chi connectivity index (χ4n) is 1.19. The van der Waals surface area contributed by atoms with Crippen LogP contribution in [0.1, 0.15) is 25.2 Å². The molecule has 0 aliphatic rings. The Morgan fingerprint density at radius 3 is 2.85 bits per heavy atom. The summed E-state index contributed by atoms with van der Waals surface area (Å²) in [6, 6.07) is 2.06. The van der Waals surface area contributed by atoms with Gasteiger partial charge in [-0.1, -0.05) is 6.92 Å². The highest BCUT2D eigenvalue weighted by atomic mass is 15.3. The van der Waals surface area contributed by atoms with Gasteiger partial charge in [-0.3, -0.25) is 9.67 Å². The van der Waals surface area contributed by atoms with E-state index in [1.165, 1.54) is 5.69 Å². The zero-order valence-electron chi connectivity index (χ0n) is 8.41. The monoisotopic (exact) mass is 180 g/mol. The number of aromatic nitrogens is 2. The van der Waals surface area contributed by atoms with Gasteiger partial charge in [0.05, 0.1) is 18.1 Å². The van der Waals surface area contributed by atoms with Crippen LogP contribution in [0.3, 0.4) is 0 Å². The molecule has 2 N–H and O–H groups in total. The van der Waals surface area contributed by atoms with Crippen molar-refractivity contribution in [1.82, 2.24) is 9.78 Å². The lowest BCUT2D eigenvalue weighted by atomic mass is 10.3. The molecule has 0 aromatic carbocycles. The fourth-order valence-corrected chi connectivity index (χ4v) is 1.19. The summed E-state index contributed by atoms with van der Waals surface area (Å²) >= 11 is 0. The molecule has 1 aromatic rings. The molecule has 0 bridgehead atoms. The van der Waals surface area contributed by atoms with Gasteiger partial charge in [-0.05, 0) is 19.4 Å². The van der Waals surface area contributed by atoms with Crippen molar-refractivity contribution in [3.8, 4) is 0 Å². The van der Waals surface area contributed by atoms with Crippen molar-refractivity contribution >= 4 is 5.84 Å². The fraction of sp³-hybridized carbons (Fsp3) is 0.556. The molecule has 0 unspecified atom stereocenters. The predicted molar refractivity (Wildman–Crippen MR) is 53.6 cm³/mol. The minimum Gasteiger partial charge on any atom is -0.388 e. The molecule has 4 heteroatoms. The molecule has 0 saturated carbocycles. The zero-order valence-corrected chi connectivity index (χ0v) is 8.41. The molecule has 1 aromatic heterocycles. The lowest BCUT2D eigenvalue weighted by Crippen LogP contribution is -2.05. The molecule has 0 radical (unpaired) electrons. The summed E-state index contributed by atoms with van der Waals surface area (Å²) in [5.41, 5.74) is 7.63. The summed E-state index contributed by atoms with van der Waals surface area (Å²) in [5, 5.41) is 4.31. The molecule has 1 heterocycles. The number of hydrogen-bond donors (Lipinski definition) is 1. The number of aliphatic imine (C=N–C) groups is 1. The van der Waals surface area contributed by atoms with E-state index in [1.54, 1.807) is 6.92 Å². The second-order valence-corrected chi connectivity index (χ2v) is 3.06. The van der Waals surface area contributed by atoms with Gasteiger partial charge >= 0.3 is 0 Å². The van der Waals surface area contributed by atoms with Gasteiger partial charge in [0.1, 0.15) is 0 Å². The summed E-state index contributed by atoms with van der Waals surface area (Å²) < 4.78 is 1.89. The van der Waals surface area contributed by atoms with Crippen molar-refractivity contribution in [2.45, 2.75) is 26.8 Å². The Bertz CT molecular complexity index is 307. The van der Waals surface area contributed by atoms with E-state index in [9.17, 15) is 0 Å². The first-order valence-corrected chi connectivity index (χ1v) is 4.41. The molecule has 0 fully saturated rings. The molecule has 0 amide bonds. The van der Waals surface area contributed by atoms with Crippen LogP contribution in [0.2, 0.25) is 0 Å². The first-order valence-electron chi connectivity index (χ1n) is 4.41. The summed E-state index contributed by atoms with van der Waals surface area (Å²) in [6.07, 6.45) is 0.995. The second-order valence-electron chi connectivity index (χ2n) is 3.06. The highest BCUT2D eigenvalue weighted by Gasteiger charge is 2.01. The van der Waals surface area contributed by atoms with Gasteiger partial charge in [0.25, 0.3) is 0 Å². The quantitative estimate of drug-likeness (QED) is 0.554. The van der Waals surface area contributed by atoms with E-state index in [2.05, 4.69) is 23.1 Å². The zero-order chi connectivity index (χ0) is 9.84. The highest BCUT2D eigenvalue weighted by molar-refractivity contribution is 5.77. The van der Waals surface area contributed by atoms with Gasteiger partial charge in [0.15, 0.2) is 0 Å². The molecular weight excluding hydrogens is 164 g/mol. The van der Waals surface area contributed by atoms with Crippen molar-refractivity contribution < 1.29 is 0 Å². The van der Waals surface area contributed by atoms with E-state index >= 15 is 0 Å². The second kappa shape index (κ2) is 4.07. The summed E-state index contributed by atoms with van der Waals surface area (Å²) in [7, 11) is 1.95. The largest absolute Gasteiger partial charge is 0.388 e. The Kier molecular flexibility index (Phi) is 3.06. The van der Waals surface area contributed by atoms with Crippen LogP contribution in [0.25, 0.3) is 0 Å². The molecule has 4 nitrogen and oxygen atoms in total. The Hall–Kier alpha value is -1.32. The molecule has 1 rings (SSSR count). The highest BCUT2D eigenvalue weighted by Crippen LogP contribution is 2.04. The van der Waals surface area contributed by atoms with Crippen LogP contribution in [0.15, 0.2) is 11.1 Å². The first kappa shape index (κ1) is 9.77. The Morgan fingerprint density at radius 1 is 1.69 bits per heavy atom. The third-order valence-corrected chi connectivity index (χ3v) is 1.88. The normalized spacial score (nSPS) is 12.1. The topological polar surface area (TPSA) is 56.2 Å². The maximum Gasteiger partial charge on any atom is 0.0910 e. The van der Waals surface area contributed by atoms with E-state index in [0.717, 1.165) is 12.1 Å². The molecule has 0 saturated heterocycles. The summed E-state index contributed by atoms with van der Waals surface area (Å²) in [6.45, 7) is 4.47. The SMILES string of the molecule is CCc1cc(CN=C(C)N)nn1C. The Morgan fingerprint density at radius 2 is 2.38 bits per heavy atom. The molecule has 0 spiro atoms. The molecule has 13 heavy (non-hydrogen) atoms. The van der Waals surface area contributed by atoms with E-state index in [4.69, 9.17) is 5.73 Å². The van der Waals surface area contributed by atoms with E-state index in [1.807, 2.05) is 11.7 Å². The molecule has 72 valence electrons. The smallest absolute Gasteiger partial charge is 0.0910 e. The third kappa shape index (κ3) is 2.57. The predicted octanol–water partition coefficient (Wildman–Crippen LogP) is 0.860. The van der Waals surface area contributed by atoms with Gasteiger partial charge in [0.2, 0.25) is 0 Å². The van der Waals surface area contributed by atoms with Crippen molar-refractivity contribution in [1.29, 1.82) is 0 Å². The molecule has 0 aliphatic heterocycles. The van der Waals surface area contributed by atoms with Gasteiger partial charge in [0, 0.05) is 12.7 Å². The average Bonchev–Trinajstić information content (AvgIpc) is 2.43. The first-order chi connectivity index (χ1) is 6.13. The minimum absolute atomic E-state index is 0.580. The van der Waals surface area contributed by atoms with Gasteiger partial charge in [-0.15, -0.1) is 0 Å².